The van der Waals surface area contributed by atoms with Gasteiger partial charge in [-0.25, -0.2) is 0 Å². The van der Waals surface area contributed by atoms with Gasteiger partial charge in [0, 0.05) is 17.3 Å². The second-order valence-corrected chi connectivity index (χ2v) is 6.49. The van der Waals surface area contributed by atoms with E-state index in [9.17, 15) is 14.9 Å². The SMILES string of the molecule is COc1ccc(-n2nc3ccc(NC(=O)c4ccc(OC)c([N+](=O)[O-])c4)cc3n2)cc1. The molecule has 156 valence electrons. The molecule has 3 aromatic carbocycles. The van der Waals surface area contributed by atoms with Crippen LogP contribution in [0.15, 0.2) is 60.7 Å². The number of nitro benzene ring substituents is 1. The first kappa shape index (κ1) is 19.8. The maximum absolute atomic E-state index is 12.6. The topological polar surface area (TPSA) is 121 Å². The number of carbonyl (C=O) groups excluding carboxylic acids is 1. The fourth-order valence-electron chi connectivity index (χ4n) is 3.00. The summed E-state index contributed by atoms with van der Waals surface area (Å²) in [6.45, 7) is 0. The summed E-state index contributed by atoms with van der Waals surface area (Å²) in [6.07, 6.45) is 0. The van der Waals surface area contributed by atoms with Gasteiger partial charge >= 0.3 is 5.69 Å². The minimum absolute atomic E-state index is 0.0816. The Bertz CT molecular complexity index is 1280. The molecule has 0 aliphatic rings. The molecule has 0 bridgehead atoms. The van der Waals surface area contributed by atoms with E-state index in [2.05, 4.69) is 15.5 Å². The summed E-state index contributed by atoms with van der Waals surface area (Å²) in [5, 5.41) is 22.8. The number of aromatic nitrogens is 3. The molecule has 0 aliphatic carbocycles. The molecule has 31 heavy (non-hydrogen) atoms. The van der Waals surface area contributed by atoms with Crippen LogP contribution in [0.2, 0.25) is 0 Å². The highest BCUT2D eigenvalue weighted by Crippen LogP contribution is 2.28. The van der Waals surface area contributed by atoms with Gasteiger partial charge in [-0.15, -0.1) is 10.2 Å². The number of carbonyl (C=O) groups is 1. The van der Waals surface area contributed by atoms with E-state index >= 15 is 0 Å². The van der Waals surface area contributed by atoms with E-state index in [0.29, 0.717) is 16.7 Å². The van der Waals surface area contributed by atoms with Crippen molar-refractivity contribution in [2.75, 3.05) is 19.5 Å². The Hall–Kier alpha value is -4.47. The number of benzene rings is 3. The lowest BCUT2D eigenvalue weighted by atomic mass is 10.1. The zero-order chi connectivity index (χ0) is 22.0. The summed E-state index contributed by atoms with van der Waals surface area (Å²) in [5.41, 5.74) is 2.32. The van der Waals surface area contributed by atoms with Gasteiger partial charge in [-0.2, -0.15) is 4.80 Å². The molecule has 1 N–H and O–H groups in total. The number of amides is 1. The molecule has 0 radical (unpaired) electrons. The van der Waals surface area contributed by atoms with Gasteiger partial charge in [0.2, 0.25) is 0 Å². The van der Waals surface area contributed by atoms with Crippen molar-refractivity contribution in [3.63, 3.8) is 0 Å². The van der Waals surface area contributed by atoms with Crippen LogP contribution in [0.25, 0.3) is 16.7 Å². The average Bonchev–Trinajstić information content (AvgIpc) is 3.22. The smallest absolute Gasteiger partial charge is 0.311 e. The van der Waals surface area contributed by atoms with Crippen molar-refractivity contribution in [3.8, 4) is 17.2 Å². The second-order valence-electron chi connectivity index (χ2n) is 6.49. The highest BCUT2D eigenvalue weighted by Gasteiger charge is 2.18. The lowest BCUT2D eigenvalue weighted by molar-refractivity contribution is -0.385. The molecule has 0 aliphatic heterocycles. The van der Waals surface area contributed by atoms with Crippen LogP contribution < -0.4 is 14.8 Å². The molecule has 1 aromatic heterocycles. The second kappa shape index (κ2) is 8.11. The van der Waals surface area contributed by atoms with Crippen LogP contribution in [-0.4, -0.2) is 40.0 Å². The molecule has 4 aromatic rings. The van der Waals surface area contributed by atoms with Gasteiger partial charge in [-0.3, -0.25) is 14.9 Å². The molecule has 0 spiro atoms. The third-order valence-electron chi connectivity index (χ3n) is 4.58. The van der Waals surface area contributed by atoms with Crippen molar-refractivity contribution in [3.05, 3.63) is 76.3 Å². The summed E-state index contributed by atoms with van der Waals surface area (Å²) in [5.74, 6) is 0.315. The number of nitrogens with one attached hydrogen (secondary N) is 1. The molecule has 1 amide bonds. The first-order chi connectivity index (χ1) is 15.0. The number of nitrogens with zero attached hydrogens (tertiary/aromatic N) is 4. The fourth-order valence-corrected chi connectivity index (χ4v) is 3.00. The molecule has 4 rings (SSSR count). The summed E-state index contributed by atoms with van der Waals surface area (Å²) < 4.78 is 10.1. The van der Waals surface area contributed by atoms with E-state index in [1.807, 2.05) is 24.3 Å². The molecule has 1 heterocycles. The predicted octanol–water partition coefficient (Wildman–Crippen LogP) is 3.60. The number of nitro groups is 1. The van der Waals surface area contributed by atoms with Gasteiger partial charge in [0.1, 0.15) is 16.8 Å². The molecular weight excluding hydrogens is 402 g/mol. The molecule has 0 atom stereocenters. The molecule has 0 unspecified atom stereocenters. The van der Waals surface area contributed by atoms with Crippen molar-refractivity contribution in [1.82, 2.24) is 15.0 Å². The van der Waals surface area contributed by atoms with Crippen LogP contribution >= 0.6 is 0 Å². The first-order valence-corrected chi connectivity index (χ1v) is 9.14. The van der Waals surface area contributed by atoms with E-state index in [0.717, 1.165) is 11.4 Å². The Morgan fingerprint density at radius 2 is 1.71 bits per heavy atom. The van der Waals surface area contributed by atoms with Crippen molar-refractivity contribution < 1.29 is 19.2 Å². The predicted molar refractivity (Wildman–Crippen MR) is 113 cm³/mol. The Balaban J connectivity index is 1.58. The fraction of sp³-hybridized carbons (Fsp3) is 0.0952. The normalized spacial score (nSPS) is 10.6. The van der Waals surface area contributed by atoms with Gasteiger partial charge in [0.25, 0.3) is 5.91 Å². The molecule has 0 saturated carbocycles. The number of anilines is 1. The minimum Gasteiger partial charge on any atom is -0.497 e. The van der Waals surface area contributed by atoms with E-state index in [4.69, 9.17) is 9.47 Å². The monoisotopic (exact) mass is 419 g/mol. The molecule has 0 saturated heterocycles. The van der Waals surface area contributed by atoms with Crippen LogP contribution in [0.4, 0.5) is 11.4 Å². The number of ether oxygens (including phenoxy) is 2. The van der Waals surface area contributed by atoms with Gasteiger partial charge in [-0.05, 0) is 54.6 Å². The maximum Gasteiger partial charge on any atom is 0.311 e. The maximum atomic E-state index is 12.6. The number of hydrogen-bond donors (Lipinski definition) is 1. The molecule has 10 heteroatoms. The molecule has 0 fully saturated rings. The molecular formula is C21H17N5O5. The van der Waals surface area contributed by atoms with Crippen molar-refractivity contribution in [2.24, 2.45) is 0 Å². The number of methoxy groups -OCH3 is 2. The highest BCUT2D eigenvalue weighted by atomic mass is 16.6. The lowest BCUT2D eigenvalue weighted by Gasteiger charge is -2.06. The number of rotatable bonds is 6. The largest absolute Gasteiger partial charge is 0.497 e. The van der Waals surface area contributed by atoms with Crippen molar-refractivity contribution in [2.45, 2.75) is 0 Å². The summed E-state index contributed by atoms with van der Waals surface area (Å²) in [4.78, 5) is 24.7. The van der Waals surface area contributed by atoms with E-state index in [1.54, 1.807) is 25.3 Å². The first-order valence-electron chi connectivity index (χ1n) is 9.14. The third kappa shape index (κ3) is 3.99. The van der Waals surface area contributed by atoms with Gasteiger partial charge in [0.05, 0.1) is 24.8 Å². The van der Waals surface area contributed by atoms with E-state index in [-0.39, 0.29) is 17.0 Å². The van der Waals surface area contributed by atoms with Crippen LogP contribution in [0.3, 0.4) is 0 Å². The number of fused-ring (bicyclic) bond motifs is 1. The quantitative estimate of drug-likeness (QED) is 0.374. The van der Waals surface area contributed by atoms with Crippen LogP contribution in [0.5, 0.6) is 11.5 Å². The highest BCUT2D eigenvalue weighted by molar-refractivity contribution is 6.05. The lowest BCUT2D eigenvalue weighted by Crippen LogP contribution is -2.12. The van der Waals surface area contributed by atoms with Crippen molar-refractivity contribution >= 4 is 28.3 Å². The van der Waals surface area contributed by atoms with Crippen molar-refractivity contribution in [1.29, 1.82) is 0 Å². The Morgan fingerprint density at radius 1 is 0.968 bits per heavy atom. The zero-order valence-electron chi connectivity index (χ0n) is 16.6. The molecule has 10 nitrogen and oxygen atoms in total. The van der Waals surface area contributed by atoms with Crippen LogP contribution in [0, 0.1) is 10.1 Å². The van der Waals surface area contributed by atoms with E-state index in [1.165, 1.54) is 30.1 Å². The standard InChI is InChI=1S/C21H17N5O5/c1-30-16-7-5-15(6-8-16)25-23-17-9-4-14(12-18(17)24-25)22-21(27)13-3-10-20(31-2)19(11-13)26(28)29/h3-12H,1-2H3,(H,22,27). The average molecular weight is 419 g/mol. The zero-order valence-corrected chi connectivity index (χ0v) is 16.6. The van der Waals surface area contributed by atoms with Gasteiger partial charge < -0.3 is 14.8 Å². The van der Waals surface area contributed by atoms with Gasteiger partial charge in [0.15, 0.2) is 5.75 Å². The Labute approximate surface area is 176 Å². The van der Waals surface area contributed by atoms with Crippen LogP contribution in [-0.2, 0) is 0 Å². The third-order valence-corrected chi connectivity index (χ3v) is 4.58. The number of hydrogen-bond acceptors (Lipinski definition) is 7. The summed E-state index contributed by atoms with van der Waals surface area (Å²) in [6, 6.07) is 16.4. The summed E-state index contributed by atoms with van der Waals surface area (Å²) in [7, 11) is 2.92. The minimum atomic E-state index is -0.598. The van der Waals surface area contributed by atoms with Crippen LogP contribution in [0.1, 0.15) is 10.4 Å². The van der Waals surface area contributed by atoms with Gasteiger partial charge in [-0.1, -0.05) is 0 Å². The van der Waals surface area contributed by atoms with E-state index < -0.39 is 10.8 Å². The Morgan fingerprint density at radius 3 is 2.39 bits per heavy atom. The Kier molecular flexibility index (Phi) is 5.19. The summed E-state index contributed by atoms with van der Waals surface area (Å²) >= 11 is 0.